The first-order valence-electron chi connectivity index (χ1n) is 12.7. The lowest BCUT2D eigenvalue weighted by Crippen LogP contribution is -2.44. The number of amides is 1. The Bertz CT molecular complexity index is 1290. The van der Waals surface area contributed by atoms with Gasteiger partial charge in [0.2, 0.25) is 0 Å². The zero-order valence-electron chi connectivity index (χ0n) is 19.9. The van der Waals surface area contributed by atoms with Crippen molar-refractivity contribution < 1.29 is 9.18 Å². The molecule has 3 aliphatic rings. The van der Waals surface area contributed by atoms with E-state index >= 15 is 0 Å². The van der Waals surface area contributed by atoms with Gasteiger partial charge in [-0.3, -0.25) is 4.79 Å². The highest BCUT2D eigenvalue weighted by atomic mass is 19.1. The molecule has 1 aliphatic carbocycles. The van der Waals surface area contributed by atoms with Crippen molar-refractivity contribution in [2.45, 2.75) is 33.1 Å². The summed E-state index contributed by atoms with van der Waals surface area (Å²) in [6, 6.07) is 14.5. The van der Waals surface area contributed by atoms with Crippen LogP contribution in [0.25, 0.3) is 22.8 Å². The van der Waals surface area contributed by atoms with Crippen LogP contribution >= 0.6 is 0 Å². The number of fused-ring (bicyclic) bond motifs is 2. The fourth-order valence-electron chi connectivity index (χ4n) is 5.80. The van der Waals surface area contributed by atoms with E-state index in [0.29, 0.717) is 17.1 Å². The molecule has 6 rings (SSSR count). The lowest BCUT2D eigenvalue weighted by molar-refractivity contribution is -0.110. The van der Waals surface area contributed by atoms with Gasteiger partial charge in [0.25, 0.3) is 5.91 Å². The van der Waals surface area contributed by atoms with Crippen LogP contribution in [0.2, 0.25) is 0 Å². The van der Waals surface area contributed by atoms with Crippen LogP contribution in [0.1, 0.15) is 42.8 Å². The Morgan fingerprint density at radius 1 is 1.06 bits per heavy atom. The summed E-state index contributed by atoms with van der Waals surface area (Å²) in [6.45, 7) is 5.68. The molecule has 0 saturated carbocycles. The van der Waals surface area contributed by atoms with E-state index in [2.05, 4.69) is 26.6 Å². The molecule has 2 aliphatic heterocycles. The molecule has 1 saturated heterocycles. The number of nitrogens with zero attached hydrogens (tertiary/aromatic N) is 1. The number of aromatic amines is 1. The van der Waals surface area contributed by atoms with E-state index in [1.807, 2.05) is 30.3 Å². The van der Waals surface area contributed by atoms with Gasteiger partial charge in [-0.1, -0.05) is 37.8 Å². The third kappa shape index (κ3) is 4.75. The minimum Gasteiger partial charge on any atom is -0.359 e. The van der Waals surface area contributed by atoms with Crippen molar-refractivity contribution in [1.29, 1.82) is 0 Å². The van der Waals surface area contributed by atoms with E-state index in [0.717, 1.165) is 61.5 Å². The second-order valence-corrected chi connectivity index (χ2v) is 9.94. The van der Waals surface area contributed by atoms with Gasteiger partial charge in [-0.2, -0.15) is 0 Å². The SMILES string of the molecule is C.O=C1Nc2cccc(-c3ccccc3F)c2/C1=C/c1cc2c([nH]1)CCC(CCN1CCNCC1)C2. The van der Waals surface area contributed by atoms with Crippen molar-refractivity contribution in [2.24, 2.45) is 5.92 Å². The normalized spacial score (nSPS) is 20.5. The average molecular weight is 487 g/mol. The topological polar surface area (TPSA) is 60.2 Å². The van der Waals surface area contributed by atoms with Gasteiger partial charge < -0.3 is 20.5 Å². The van der Waals surface area contributed by atoms with Crippen molar-refractivity contribution >= 4 is 23.2 Å². The Labute approximate surface area is 212 Å². The number of aromatic nitrogens is 1. The van der Waals surface area contributed by atoms with Gasteiger partial charge >= 0.3 is 0 Å². The number of anilines is 1. The number of hydrogen-bond donors (Lipinski definition) is 3. The maximum atomic E-state index is 14.6. The molecule has 3 aromatic rings. The monoisotopic (exact) mass is 486 g/mol. The lowest BCUT2D eigenvalue weighted by atomic mass is 9.85. The molecule has 3 N–H and O–H groups in total. The Morgan fingerprint density at radius 2 is 1.86 bits per heavy atom. The largest absolute Gasteiger partial charge is 0.359 e. The van der Waals surface area contributed by atoms with Crippen molar-refractivity contribution in [2.75, 3.05) is 38.0 Å². The molecule has 1 atom stereocenters. The highest BCUT2D eigenvalue weighted by Gasteiger charge is 2.29. The van der Waals surface area contributed by atoms with Crippen molar-refractivity contribution in [3.63, 3.8) is 0 Å². The molecule has 1 amide bonds. The molecule has 1 unspecified atom stereocenters. The minimum atomic E-state index is -0.290. The van der Waals surface area contributed by atoms with Gasteiger partial charge in [0, 0.05) is 54.4 Å². The van der Waals surface area contributed by atoms with Gasteiger partial charge in [-0.15, -0.1) is 0 Å². The number of halogens is 1. The molecule has 0 radical (unpaired) electrons. The van der Waals surface area contributed by atoms with Crippen molar-refractivity contribution in [1.82, 2.24) is 15.2 Å². The number of carbonyl (C=O) groups excluding carboxylic acids is 1. The Balaban J connectivity index is 0.00000267. The predicted molar refractivity (Wildman–Crippen MR) is 145 cm³/mol. The first-order valence-corrected chi connectivity index (χ1v) is 12.7. The molecule has 36 heavy (non-hydrogen) atoms. The molecule has 6 heteroatoms. The minimum absolute atomic E-state index is 0. The standard InChI is InChI=1S/C29H31FN4O.CH4/c30-25-6-2-1-4-22(25)23-5-3-7-27-28(23)24(29(35)33-27)18-21-17-20-16-19(8-9-26(20)32-21)10-13-34-14-11-31-12-15-34;/h1-7,17-19,31-32H,8-16H2,(H,33,35);1H4/b24-18-;. The molecule has 5 nitrogen and oxygen atoms in total. The van der Waals surface area contributed by atoms with E-state index in [1.54, 1.807) is 12.1 Å². The van der Waals surface area contributed by atoms with Crippen LogP contribution in [0, 0.1) is 11.7 Å². The van der Waals surface area contributed by atoms with E-state index < -0.39 is 0 Å². The lowest BCUT2D eigenvalue weighted by Gasteiger charge is -2.30. The molecule has 0 bridgehead atoms. The first-order chi connectivity index (χ1) is 17.2. The third-order valence-corrected chi connectivity index (χ3v) is 7.68. The fourth-order valence-corrected chi connectivity index (χ4v) is 5.80. The Kier molecular flexibility index (Phi) is 7.08. The number of piperazine rings is 1. The summed E-state index contributed by atoms with van der Waals surface area (Å²) in [7, 11) is 0. The molecule has 0 spiro atoms. The quantitative estimate of drug-likeness (QED) is 0.426. The highest BCUT2D eigenvalue weighted by Crippen LogP contribution is 2.41. The summed E-state index contributed by atoms with van der Waals surface area (Å²) >= 11 is 0. The molecular weight excluding hydrogens is 451 g/mol. The Hall–Kier alpha value is -3.22. The average Bonchev–Trinajstić information content (AvgIpc) is 3.43. The molecule has 2 aromatic carbocycles. The highest BCUT2D eigenvalue weighted by molar-refractivity contribution is 6.36. The summed E-state index contributed by atoms with van der Waals surface area (Å²) in [5.41, 5.74) is 6.91. The van der Waals surface area contributed by atoms with Crippen LogP contribution in [0.4, 0.5) is 10.1 Å². The van der Waals surface area contributed by atoms with Gasteiger partial charge in [0.15, 0.2) is 0 Å². The van der Waals surface area contributed by atoms with Gasteiger partial charge in [0.1, 0.15) is 5.82 Å². The van der Waals surface area contributed by atoms with Crippen LogP contribution in [0.5, 0.6) is 0 Å². The van der Waals surface area contributed by atoms with Crippen LogP contribution in [-0.4, -0.2) is 48.5 Å². The number of aryl methyl sites for hydroxylation is 1. The maximum absolute atomic E-state index is 14.6. The number of benzene rings is 2. The third-order valence-electron chi connectivity index (χ3n) is 7.68. The molecule has 3 heterocycles. The van der Waals surface area contributed by atoms with E-state index in [4.69, 9.17) is 0 Å². The summed E-state index contributed by atoms with van der Waals surface area (Å²) in [5.74, 6) is 0.268. The Morgan fingerprint density at radius 3 is 2.69 bits per heavy atom. The van der Waals surface area contributed by atoms with E-state index in [1.165, 1.54) is 36.7 Å². The molecular formula is C30H35FN4O. The number of rotatable bonds is 5. The summed E-state index contributed by atoms with van der Waals surface area (Å²) in [4.78, 5) is 19.1. The van der Waals surface area contributed by atoms with Gasteiger partial charge in [-0.05, 0) is 73.5 Å². The number of hydrogen-bond acceptors (Lipinski definition) is 3. The van der Waals surface area contributed by atoms with Crippen molar-refractivity contribution in [3.05, 3.63) is 76.9 Å². The second-order valence-electron chi connectivity index (χ2n) is 9.94. The maximum Gasteiger partial charge on any atom is 0.256 e. The van der Waals surface area contributed by atoms with Crippen LogP contribution in [0.15, 0.2) is 48.5 Å². The summed E-state index contributed by atoms with van der Waals surface area (Å²) < 4.78 is 14.6. The van der Waals surface area contributed by atoms with Crippen LogP contribution < -0.4 is 10.6 Å². The first kappa shape index (κ1) is 24.5. The number of carbonyl (C=O) groups is 1. The second kappa shape index (κ2) is 10.4. The van der Waals surface area contributed by atoms with Gasteiger partial charge in [0.05, 0.1) is 5.57 Å². The van der Waals surface area contributed by atoms with E-state index in [-0.39, 0.29) is 19.2 Å². The summed E-state index contributed by atoms with van der Waals surface area (Å²) in [6.07, 6.45) is 6.51. The van der Waals surface area contributed by atoms with Crippen LogP contribution in [-0.2, 0) is 17.6 Å². The zero-order chi connectivity index (χ0) is 23.8. The predicted octanol–water partition coefficient (Wildman–Crippen LogP) is 5.35. The van der Waals surface area contributed by atoms with E-state index in [9.17, 15) is 9.18 Å². The summed E-state index contributed by atoms with van der Waals surface area (Å²) in [5, 5.41) is 6.39. The zero-order valence-corrected chi connectivity index (χ0v) is 19.9. The molecule has 1 fully saturated rings. The smallest absolute Gasteiger partial charge is 0.256 e. The van der Waals surface area contributed by atoms with Gasteiger partial charge in [-0.25, -0.2) is 4.39 Å². The fraction of sp³-hybridized carbons (Fsp3) is 0.367. The number of nitrogens with one attached hydrogen (secondary N) is 3. The molecule has 1 aromatic heterocycles. The van der Waals surface area contributed by atoms with Crippen LogP contribution in [0.3, 0.4) is 0 Å². The van der Waals surface area contributed by atoms with Crippen molar-refractivity contribution in [3.8, 4) is 11.1 Å². The molecule has 188 valence electrons. The number of H-pyrrole nitrogens is 1.